The van der Waals surface area contributed by atoms with Gasteiger partial charge in [0.1, 0.15) is 0 Å². The maximum atomic E-state index is 12.2. The van der Waals surface area contributed by atoms with E-state index in [1.165, 1.54) is 0 Å². The zero-order valence-electron chi connectivity index (χ0n) is 13.0. The topological polar surface area (TPSA) is 58.4 Å². The Hall–Kier alpha value is -0.610. The number of nitrogens with two attached hydrogens (primary N) is 1. The zero-order chi connectivity index (χ0) is 14.5. The van der Waals surface area contributed by atoms with Crippen molar-refractivity contribution < 1.29 is 4.79 Å². The molecule has 1 amide bonds. The fourth-order valence-electron chi connectivity index (χ4n) is 2.69. The zero-order valence-corrected chi connectivity index (χ0v) is 13.0. The van der Waals surface area contributed by atoms with Crippen LogP contribution >= 0.6 is 0 Å². The van der Waals surface area contributed by atoms with Crippen molar-refractivity contribution in [3.05, 3.63) is 0 Å². The van der Waals surface area contributed by atoms with E-state index in [9.17, 15) is 4.79 Å². The second-order valence-electron chi connectivity index (χ2n) is 6.43. The number of nitrogens with one attached hydrogen (secondary N) is 1. The lowest BCUT2D eigenvalue weighted by Gasteiger charge is -2.41. The number of piperidine rings is 1. The summed E-state index contributed by atoms with van der Waals surface area (Å²) >= 11 is 0. The Kier molecular flexibility index (Phi) is 6.27. The molecule has 4 heteroatoms. The molecule has 0 spiro atoms. The molecule has 2 unspecified atom stereocenters. The van der Waals surface area contributed by atoms with Crippen LogP contribution in [-0.2, 0) is 4.79 Å². The molecule has 112 valence electrons. The van der Waals surface area contributed by atoms with E-state index in [0.717, 1.165) is 45.3 Å². The third-order valence-corrected chi connectivity index (χ3v) is 4.54. The van der Waals surface area contributed by atoms with Crippen molar-refractivity contribution in [2.24, 2.45) is 11.1 Å². The summed E-state index contributed by atoms with van der Waals surface area (Å²) < 4.78 is 0. The number of hydrogen-bond donors (Lipinski definition) is 2. The van der Waals surface area contributed by atoms with Crippen LogP contribution in [0.15, 0.2) is 0 Å². The van der Waals surface area contributed by atoms with Crippen molar-refractivity contribution >= 4 is 5.91 Å². The minimum Gasteiger partial charge on any atom is -0.352 e. The molecule has 2 atom stereocenters. The van der Waals surface area contributed by atoms with E-state index in [-0.39, 0.29) is 23.4 Å². The summed E-state index contributed by atoms with van der Waals surface area (Å²) in [5.74, 6) is 0.164. The van der Waals surface area contributed by atoms with Crippen molar-refractivity contribution in [2.75, 3.05) is 19.6 Å². The molecule has 0 aromatic rings. The Bertz CT molecular complexity index is 285. The third-order valence-electron chi connectivity index (χ3n) is 4.54. The van der Waals surface area contributed by atoms with Crippen LogP contribution in [0.5, 0.6) is 0 Å². The Morgan fingerprint density at radius 3 is 2.42 bits per heavy atom. The minimum atomic E-state index is -0.0263. The van der Waals surface area contributed by atoms with E-state index in [4.69, 9.17) is 5.73 Å². The molecule has 3 N–H and O–H groups in total. The maximum Gasteiger partial charge on any atom is 0.237 e. The van der Waals surface area contributed by atoms with Crippen LogP contribution in [-0.4, -0.2) is 42.5 Å². The molecular formula is C15H31N3O. The first-order valence-electron chi connectivity index (χ1n) is 7.66. The number of carbonyl (C=O) groups is 1. The summed E-state index contributed by atoms with van der Waals surface area (Å²) in [5, 5.41) is 3.11. The van der Waals surface area contributed by atoms with Gasteiger partial charge >= 0.3 is 0 Å². The van der Waals surface area contributed by atoms with Gasteiger partial charge in [0.25, 0.3) is 0 Å². The van der Waals surface area contributed by atoms with Gasteiger partial charge in [-0.25, -0.2) is 0 Å². The van der Waals surface area contributed by atoms with Crippen molar-refractivity contribution in [3.63, 3.8) is 0 Å². The lowest BCUT2D eigenvalue weighted by molar-refractivity contribution is -0.127. The predicted molar refractivity (Wildman–Crippen MR) is 79.9 cm³/mol. The maximum absolute atomic E-state index is 12.2. The van der Waals surface area contributed by atoms with Crippen molar-refractivity contribution in [2.45, 2.75) is 65.5 Å². The summed E-state index contributed by atoms with van der Waals surface area (Å²) in [6.45, 7) is 11.2. The molecule has 0 aromatic carbocycles. The molecule has 1 aliphatic rings. The van der Waals surface area contributed by atoms with E-state index >= 15 is 0 Å². The standard InChI is InChI=1S/C15H31N3O/c1-5-6-12(2)17-14(19)13(3)18-9-7-15(4,11-16)8-10-18/h12-13H,5-11,16H2,1-4H3,(H,17,19). The van der Waals surface area contributed by atoms with Gasteiger partial charge in [0.15, 0.2) is 0 Å². The van der Waals surface area contributed by atoms with Crippen LogP contribution in [0, 0.1) is 5.41 Å². The highest BCUT2D eigenvalue weighted by Crippen LogP contribution is 2.30. The highest BCUT2D eigenvalue weighted by atomic mass is 16.2. The Morgan fingerprint density at radius 2 is 1.95 bits per heavy atom. The Labute approximate surface area is 118 Å². The quantitative estimate of drug-likeness (QED) is 0.772. The number of rotatable bonds is 6. The minimum absolute atomic E-state index is 0.0263. The summed E-state index contributed by atoms with van der Waals surface area (Å²) in [6.07, 6.45) is 4.33. The van der Waals surface area contributed by atoms with E-state index in [0.29, 0.717) is 0 Å². The number of likely N-dealkylation sites (tertiary alicyclic amines) is 1. The molecule has 1 saturated heterocycles. The molecule has 4 nitrogen and oxygen atoms in total. The van der Waals surface area contributed by atoms with E-state index in [1.807, 2.05) is 6.92 Å². The van der Waals surface area contributed by atoms with Gasteiger partial charge in [0, 0.05) is 6.04 Å². The first kappa shape index (κ1) is 16.4. The van der Waals surface area contributed by atoms with Crippen LogP contribution in [0.2, 0.25) is 0 Å². The molecule has 1 heterocycles. The van der Waals surface area contributed by atoms with E-state index in [1.54, 1.807) is 0 Å². The molecule has 0 aromatic heterocycles. The molecule has 19 heavy (non-hydrogen) atoms. The molecule has 1 rings (SSSR count). The van der Waals surface area contributed by atoms with Gasteiger partial charge in [-0.1, -0.05) is 20.3 Å². The Balaban J connectivity index is 2.42. The lowest BCUT2D eigenvalue weighted by Crippen LogP contribution is -2.52. The van der Waals surface area contributed by atoms with E-state index in [2.05, 4.69) is 31.0 Å². The van der Waals surface area contributed by atoms with Crippen molar-refractivity contribution in [3.8, 4) is 0 Å². The molecule has 0 radical (unpaired) electrons. The lowest BCUT2D eigenvalue weighted by atomic mass is 9.80. The van der Waals surface area contributed by atoms with Gasteiger partial charge in [-0.2, -0.15) is 0 Å². The molecular weight excluding hydrogens is 238 g/mol. The highest BCUT2D eigenvalue weighted by Gasteiger charge is 2.32. The normalized spacial score (nSPS) is 22.8. The molecule has 1 fully saturated rings. The first-order valence-corrected chi connectivity index (χ1v) is 7.66. The molecule has 0 saturated carbocycles. The number of hydrogen-bond acceptors (Lipinski definition) is 3. The summed E-state index contributed by atoms with van der Waals surface area (Å²) in [7, 11) is 0. The number of nitrogens with zero attached hydrogens (tertiary/aromatic N) is 1. The first-order chi connectivity index (χ1) is 8.91. The van der Waals surface area contributed by atoms with Gasteiger partial charge in [0.2, 0.25) is 5.91 Å². The molecule has 1 aliphatic heterocycles. The SMILES string of the molecule is CCCC(C)NC(=O)C(C)N1CCC(C)(CN)CC1. The number of carbonyl (C=O) groups excluding carboxylic acids is 1. The average Bonchev–Trinajstić information content (AvgIpc) is 2.39. The van der Waals surface area contributed by atoms with Crippen LogP contribution < -0.4 is 11.1 Å². The van der Waals surface area contributed by atoms with Gasteiger partial charge in [-0.3, -0.25) is 9.69 Å². The van der Waals surface area contributed by atoms with Crippen molar-refractivity contribution in [1.82, 2.24) is 10.2 Å². The third kappa shape index (κ3) is 4.77. The second kappa shape index (κ2) is 7.25. The summed E-state index contributed by atoms with van der Waals surface area (Å²) in [5.41, 5.74) is 6.09. The monoisotopic (exact) mass is 269 g/mol. The number of amides is 1. The van der Waals surface area contributed by atoms with Gasteiger partial charge in [-0.15, -0.1) is 0 Å². The van der Waals surface area contributed by atoms with Crippen molar-refractivity contribution in [1.29, 1.82) is 0 Å². The van der Waals surface area contributed by atoms with Crippen LogP contribution in [0.4, 0.5) is 0 Å². The fourth-order valence-corrected chi connectivity index (χ4v) is 2.69. The largest absolute Gasteiger partial charge is 0.352 e. The van der Waals surface area contributed by atoms with Gasteiger partial charge in [-0.05, 0) is 58.2 Å². The van der Waals surface area contributed by atoms with E-state index < -0.39 is 0 Å². The van der Waals surface area contributed by atoms with Gasteiger partial charge < -0.3 is 11.1 Å². The molecule has 0 aliphatic carbocycles. The van der Waals surface area contributed by atoms with Crippen LogP contribution in [0.1, 0.15) is 53.4 Å². The smallest absolute Gasteiger partial charge is 0.237 e. The van der Waals surface area contributed by atoms with Crippen LogP contribution in [0.3, 0.4) is 0 Å². The predicted octanol–water partition coefficient (Wildman–Crippen LogP) is 1.74. The summed E-state index contributed by atoms with van der Waals surface area (Å²) in [6, 6.07) is 0.251. The average molecular weight is 269 g/mol. The Morgan fingerprint density at radius 1 is 1.37 bits per heavy atom. The fraction of sp³-hybridized carbons (Fsp3) is 0.933. The summed E-state index contributed by atoms with van der Waals surface area (Å²) in [4.78, 5) is 14.5. The molecule has 0 bridgehead atoms. The highest BCUT2D eigenvalue weighted by molar-refractivity contribution is 5.81. The van der Waals surface area contributed by atoms with Crippen LogP contribution in [0.25, 0.3) is 0 Å². The van der Waals surface area contributed by atoms with Gasteiger partial charge in [0.05, 0.1) is 6.04 Å². The second-order valence-corrected chi connectivity index (χ2v) is 6.43.